The summed E-state index contributed by atoms with van der Waals surface area (Å²) >= 11 is 0. The normalized spacial score (nSPS) is 15.1. The van der Waals surface area contributed by atoms with Crippen LogP contribution < -0.4 is 15.8 Å². The molecule has 0 radical (unpaired) electrons. The maximum absolute atomic E-state index is 11.3. The second-order valence-electron chi connectivity index (χ2n) is 4.85. The highest BCUT2D eigenvalue weighted by atomic mass is 32.2. The molecule has 0 spiro atoms. The average Bonchev–Trinajstić information content (AvgIpc) is 3.16. The van der Waals surface area contributed by atoms with E-state index in [1.54, 1.807) is 12.1 Å². The molecule has 4 N–H and O–H groups in total. The van der Waals surface area contributed by atoms with Crippen molar-refractivity contribution < 1.29 is 12.8 Å². The molecule has 0 atom stereocenters. The molecule has 1 fully saturated rings. The highest BCUT2D eigenvalue weighted by Crippen LogP contribution is 2.20. The molecule has 3 rings (SSSR count). The Morgan fingerprint density at radius 3 is 2.86 bits per heavy atom. The summed E-state index contributed by atoms with van der Waals surface area (Å²) in [5.41, 5.74) is 0.506. The summed E-state index contributed by atoms with van der Waals surface area (Å²) in [6.07, 6.45) is 2.36. The molecule has 21 heavy (non-hydrogen) atoms. The van der Waals surface area contributed by atoms with Crippen molar-refractivity contribution in [2.24, 2.45) is 5.14 Å². The third kappa shape index (κ3) is 3.78. The van der Waals surface area contributed by atoms with E-state index in [4.69, 9.17) is 9.56 Å². The van der Waals surface area contributed by atoms with E-state index in [2.05, 4.69) is 20.8 Å². The predicted octanol–water partition coefficient (Wildman–Crippen LogP) is 0.713. The summed E-state index contributed by atoms with van der Waals surface area (Å²) in [5.74, 6) is 0.479. The molecule has 1 heterocycles. The zero-order valence-corrected chi connectivity index (χ0v) is 11.9. The van der Waals surface area contributed by atoms with Crippen molar-refractivity contribution in [3.05, 3.63) is 30.2 Å². The van der Waals surface area contributed by atoms with Gasteiger partial charge in [0.05, 0.1) is 11.4 Å². The molecule has 0 amide bonds. The number of hydrogen-bond acceptors (Lipinski definition) is 7. The molecule has 0 unspecified atom stereocenters. The SMILES string of the molecule is NS(=O)(=O)c1cccc(Nc2nnc(CNC3CC3)o2)c1. The van der Waals surface area contributed by atoms with E-state index in [1.807, 2.05) is 0 Å². The minimum atomic E-state index is -3.74. The smallest absolute Gasteiger partial charge is 0.320 e. The monoisotopic (exact) mass is 309 g/mol. The number of benzene rings is 1. The molecule has 0 aliphatic heterocycles. The van der Waals surface area contributed by atoms with Gasteiger partial charge in [0.2, 0.25) is 15.9 Å². The molecule has 1 aliphatic rings. The summed E-state index contributed by atoms with van der Waals surface area (Å²) in [6, 6.07) is 6.84. The lowest BCUT2D eigenvalue weighted by atomic mass is 10.3. The lowest BCUT2D eigenvalue weighted by molar-refractivity contribution is 0.478. The largest absolute Gasteiger partial charge is 0.406 e. The summed E-state index contributed by atoms with van der Waals surface area (Å²) in [6.45, 7) is 0.524. The summed E-state index contributed by atoms with van der Waals surface area (Å²) in [7, 11) is -3.74. The van der Waals surface area contributed by atoms with E-state index in [0.717, 1.165) is 0 Å². The number of nitrogens with one attached hydrogen (secondary N) is 2. The molecule has 0 saturated heterocycles. The summed E-state index contributed by atoms with van der Waals surface area (Å²) < 4.78 is 28.0. The van der Waals surface area contributed by atoms with Gasteiger partial charge in [0.25, 0.3) is 0 Å². The Morgan fingerprint density at radius 2 is 2.14 bits per heavy atom. The van der Waals surface area contributed by atoms with Gasteiger partial charge in [-0.3, -0.25) is 0 Å². The number of rotatable bonds is 6. The first-order chi connectivity index (χ1) is 10.0. The van der Waals surface area contributed by atoms with Crippen LogP contribution in [0, 0.1) is 0 Å². The van der Waals surface area contributed by atoms with Gasteiger partial charge in [0.1, 0.15) is 0 Å². The molecule has 1 aromatic carbocycles. The van der Waals surface area contributed by atoms with E-state index in [9.17, 15) is 8.42 Å². The fourth-order valence-electron chi connectivity index (χ4n) is 1.77. The molecule has 8 nitrogen and oxygen atoms in total. The van der Waals surface area contributed by atoms with E-state index in [1.165, 1.54) is 25.0 Å². The number of primary sulfonamides is 1. The van der Waals surface area contributed by atoms with Gasteiger partial charge in [-0.05, 0) is 31.0 Å². The first-order valence-electron chi connectivity index (χ1n) is 6.46. The minimum absolute atomic E-state index is 0.0163. The van der Waals surface area contributed by atoms with Gasteiger partial charge in [-0.15, -0.1) is 5.10 Å². The molecule has 2 aromatic rings. The number of nitrogens with zero attached hydrogens (tertiary/aromatic N) is 2. The molecule has 1 saturated carbocycles. The second kappa shape index (κ2) is 5.43. The van der Waals surface area contributed by atoms with Crippen molar-refractivity contribution in [3.63, 3.8) is 0 Å². The summed E-state index contributed by atoms with van der Waals surface area (Å²) in [4.78, 5) is 0.0163. The Kier molecular flexibility index (Phi) is 3.62. The van der Waals surface area contributed by atoms with E-state index >= 15 is 0 Å². The highest BCUT2D eigenvalue weighted by Gasteiger charge is 2.21. The van der Waals surface area contributed by atoms with Crippen molar-refractivity contribution in [1.29, 1.82) is 0 Å². The first-order valence-corrected chi connectivity index (χ1v) is 8.01. The first kappa shape index (κ1) is 14.0. The Morgan fingerprint density at radius 1 is 1.33 bits per heavy atom. The van der Waals surface area contributed by atoms with Crippen molar-refractivity contribution in [2.75, 3.05) is 5.32 Å². The van der Waals surface area contributed by atoms with Gasteiger partial charge in [0, 0.05) is 11.7 Å². The summed E-state index contributed by atoms with van der Waals surface area (Å²) in [5, 5.41) is 18.9. The molecular weight excluding hydrogens is 294 g/mol. The van der Waals surface area contributed by atoms with Crippen molar-refractivity contribution in [1.82, 2.24) is 15.5 Å². The number of hydrogen-bond donors (Lipinski definition) is 3. The Balaban J connectivity index is 1.68. The average molecular weight is 309 g/mol. The lowest BCUT2D eigenvalue weighted by Gasteiger charge is -2.03. The van der Waals surface area contributed by atoms with Crippen LogP contribution in [0.2, 0.25) is 0 Å². The van der Waals surface area contributed by atoms with Crippen LogP contribution in [0.5, 0.6) is 0 Å². The quantitative estimate of drug-likeness (QED) is 0.718. The molecular formula is C12H15N5O3S. The molecule has 0 bridgehead atoms. The van der Waals surface area contributed by atoms with E-state index in [0.29, 0.717) is 24.2 Å². The molecule has 1 aliphatic carbocycles. The van der Waals surface area contributed by atoms with Crippen molar-refractivity contribution >= 4 is 21.7 Å². The Bertz CT molecular complexity index is 739. The molecule has 112 valence electrons. The van der Waals surface area contributed by atoms with Gasteiger partial charge in [-0.1, -0.05) is 11.2 Å². The Labute approximate surface area is 121 Å². The molecule has 1 aromatic heterocycles. The fourth-order valence-corrected chi connectivity index (χ4v) is 2.33. The minimum Gasteiger partial charge on any atom is -0.406 e. The number of sulfonamides is 1. The van der Waals surface area contributed by atoms with Gasteiger partial charge in [-0.2, -0.15) is 0 Å². The van der Waals surface area contributed by atoms with E-state index in [-0.39, 0.29) is 10.9 Å². The van der Waals surface area contributed by atoms with Gasteiger partial charge >= 0.3 is 6.01 Å². The van der Waals surface area contributed by atoms with Crippen LogP contribution in [0.1, 0.15) is 18.7 Å². The van der Waals surface area contributed by atoms with Crippen LogP contribution in [-0.2, 0) is 16.6 Å². The predicted molar refractivity (Wildman–Crippen MR) is 75.3 cm³/mol. The maximum Gasteiger partial charge on any atom is 0.320 e. The standard InChI is InChI=1S/C12H15N5O3S/c13-21(18,19)10-3-1-2-9(6-10)15-12-17-16-11(20-12)7-14-8-4-5-8/h1-3,6,8,14H,4-5,7H2,(H,15,17)(H2,13,18,19). The van der Waals surface area contributed by atoms with Crippen LogP contribution in [-0.4, -0.2) is 24.7 Å². The van der Waals surface area contributed by atoms with Crippen LogP contribution in [0.4, 0.5) is 11.7 Å². The van der Waals surface area contributed by atoms with Crippen molar-refractivity contribution in [2.45, 2.75) is 30.3 Å². The zero-order valence-electron chi connectivity index (χ0n) is 11.1. The fraction of sp³-hybridized carbons (Fsp3) is 0.333. The topological polar surface area (TPSA) is 123 Å². The highest BCUT2D eigenvalue weighted by molar-refractivity contribution is 7.89. The lowest BCUT2D eigenvalue weighted by Crippen LogP contribution is -2.15. The Hall–Kier alpha value is -1.97. The maximum atomic E-state index is 11.3. The van der Waals surface area contributed by atoms with Crippen LogP contribution >= 0.6 is 0 Å². The van der Waals surface area contributed by atoms with Gasteiger partial charge in [0.15, 0.2) is 0 Å². The van der Waals surface area contributed by atoms with Crippen LogP contribution in [0.15, 0.2) is 33.6 Å². The number of nitrogens with two attached hydrogens (primary N) is 1. The number of anilines is 2. The number of aromatic nitrogens is 2. The second-order valence-corrected chi connectivity index (χ2v) is 6.42. The van der Waals surface area contributed by atoms with E-state index < -0.39 is 10.0 Å². The zero-order chi connectivity index (χ0) is 14.9. The van der Waals surface area contributed by atoms with Gasteiger partial charge in [-0.25, -0.2) is 13.6 Å². The van der Waals surface area contributed by atoms with Gasteiger partial charge < -0.3 is 15.1 Å². The van der Waals surface area contributed by atoms with Crippen LogP contribution in [0.25, 0.3) is 0 Å². The third-order valence-corrected chi connectivity index (χ3v) is 3.91. The molecule has 9 heteroatoms. The van der Waals surface area contributed by atoms with Crippen LogP contribution in [0.3, 0.4) is 0 Å². The third-order valence-electron chi connectivity index (χ3n) is 3.00. The van der Waals surface area contributed by atoms with Crippen molar-refractivity contribution in [3.8, 4) is 0 Å².